The molecule has 0 aliphatic rings. The average Bonchev–Trinajstić information content (AvgIpc) is 2.70. The van der Waals surface area contributed by atoms with Gasteiger partial charge in [0.15, 0.2) is 15.6 Å². The molecule has 0 fully saturated rings. The summed E-state index contributed by atoms with van der Waals surface area (Å²) in [6, 6.07) is 5.91. The number of nitrogens with zero attached hydrogens (tertiary/aromatic N) is 2. The largest absolute Gasteiger partial charge is 0.505 e. The smallest absolute Gasteiger partial charge is 0.265 e. The highest BCUT2D eigenvalue weighted by atomic mass is 32.2. The minimum absolute atomic E-state index is 0.00980. The SMILES string of the molecule is CS(=O)(=O)CCN(Cc1ccc(F)cc1S(C)(=O)=O)C(=O)c1c(O)c2ncccc2[nH]c1=O. The number of pyridine rings is 2. The summed E-state index contributed by atoms with van der Waals surface area (Å²) in [5.74, 6) is -3.07. The lowest BCUT2D eigenvalue weighted by Gasteiger charge is -2.24. The summed E-state index contributed by atoms with van der Waals surface area (Å²) in [5, 5.41) is 10.6. The van der Waals surface area contributed by atoms with E-state index in [2.05, 4.69) is 9.97 Å². The van der Waals surface area contributed by atoms with Gasteiger partial charge in [0.2, 0.25) is 0 Å². The second-order valence-corrected chi connectivity index (χ2v) is 11.7. The third-order valence-corrected chi connectivity index (χ3v) is 6.87. The van der Waals surface area contributed by atoms with Crippen LogP contribution in [0.25, 0.3) is 11.0 Å². The summed E-state index contributed by atoms with van der Waals surface area (Å²) in [6.45, 7) is -0.881. The number of rotatable bonds is 7. The van der Waals surface area contributed by atoms with E-state index in [4.69, 9.17) is 0 Å². The molecule has 0 aliphatic heterocycles. The molecule has 3 aromatic rings. The molecule has 176 valence electrons. The van der Waals surface area contributed by atoms with Gasteiger partial charge in [-0.25, -0.2) is 21.2 Å². The number of aromatic hydroxyl groups is 1. The molecule has 33 heavy (non-hydrogen) atoms. The first kappa shape index (κ1) is 24.3. The number of fused-ring (bicyclic) bond motifs is 1. The number of halogens is 1. The molecule has 0 atom stereocenters. The second-order valence-electron chi connectivity index (χ2n) is 7.46. The number of nitrogens with one attached hydrogen (secondary N) is 1. The zero-order chi connectivity index (χ0) is 24.6. The second kappa shape index (κ2) is 8.90. The fourth-order valence-electron chi connectivity index (χ4n) is 3.20. The van der Waals surface area contributed by atoms with Gasteiger partial charge < -0.3 is 15.0 Å². The van der Waals surface area contributed by atoms with Gasteiger partial charge in [-0.1, -0.05) is 6.07 Å². The van der Waals surface area contributed by atoms with Crippen molar-refractivity contribution in [2.75, 3.05) is 24.8 Å². The third-order valence-electron chi connectivity index (χ3n) is 4.77. The van der Waals surface area contributed by atoms with Crippen molar-refractivity contribution < 1.29 is 31.1 Å². The Morgan fingerprint density at radius 2 is 1.88 bits per heavy atom. The highest BCUT2D eigenvalue weighted by Gasteiger charge is 2.27. The number of sulfone groups is 2. The van der Waals surface area contributed by atoms with Crippen LogP contribution < -0.4 is 5.56 Å². The van der Waals surface area contributed by atoms with Gasteiger partial charge in [-0.3, -0.25) is 14.6 Å². The Kier molecular flexibility index (Phi) is 6.56. The number of hydrogen-bond donors (Lipinski definition) is 2. The standard InChI is InChI=1S/C20H20FN3O7S2/c1-32(28,29)9-8-24(11-12-5-6-13(21)10-15(12)33(2,30)31)20(27)16-18(25)17-14(23-19(16)26)4-3-7-22-17/h3-7,10H,8-9,11H2,1-2H3,(H2,23,25,26). The van der Waals surface area contributed by atoms with Crippen LogP contribution in [-0.4, -0.2) is 67.5 Å². The maximum atomic E-state index is 13.7. The van der Waals surface area contributed by atoms with Crippen LogP contribution in [0.1, 0.15) is 15.9 Å². The van der Waals surface area contributed by atoms with Gasteiger partial charge in [0, 0.05) is 31.8 Å². The monoisotopic (exact) mass is 497 g/mol. The first-order valence-electron chi connectivity index (χ1n) is 9.43. The van der Waals surface area contributed by atoms with Crippen LogP contribution in [0.4, 0.5) is 4.39 Å². The molecule has 2 heterocycles. The summed E-state index contributed by atoms with van der Waals surface area (Å²) in [4.78, 5) is 32.7. The van der Waals surface area contributed by atoms with Gasteiger partial charge in [-0.2, -0.15) is 0 Å². The van der Waals surface area contributed by atoms with E-state index in [1.54, 1.807) is 0 Å². The normalized spacial score (nSPS) is 12.1. The number of amides is 1. The van der Waals surface area contributed by atoms with Crippen LogP contribution in [-0.2, 0) is 26.2 Å². The Labute approximate surface area is 188 Å². The zero-order valence-electron chi connectivity index (χ0n) is 17.6. The van der Waals surface area contributed by atoms with Crippen LogP contribution in [0.15, 0.2) is 46.2 Å². The van der Waals surface area contributed by atoms with Crippen LogP contribution in [0.5, 0.6) is 5.75 Å². The first-order valence-corrected chi connectivity index (χ1v) is 13.4. The van der Waals surface area contributed by atoms with Crippen molar-refractivity contribution in [3.05, 3.63) is 63.8 Å². The van der Waals surface area contributed by atoms with Crippen molar-refractivity contribution in [2.45, 2.75) is 11.4 Å². The molecule has 0 saturated carbocycles. The molecule has 0 aliphatic carbocycles. The molecule has 0 bridgehead atoms. The topological polar surface area (TPSA) is 155 Å². The van der Waals surface area contributed by atoms with E-state index >= 15 is 0 Å². The molecule has 3 rings (SSSR count). The number of benzene rings is 1. The van der Waals surface area contributed by atoms with Crippen LogP contribution in [0.3, 0.4) is 0 Å². The van der Waals surface area contributed by atoms with Crippen molar-refractivity contribution in [1.82, 2.24) is 14.9 Å². The van der Waals surface area contributed by atoms with Crippen LogP contribution >= 0.6 is 0 Å². The van der Waals surface area contributed by atoms with Gasteiger partial charge in [-0.05, 0) is 29.8 Å². The summed E-state index contributed by atoms with van der Waals surface area (Å²) in [7, 11) is -7.46. The average molecular weight is 498 g/mol. The molecule has 1 amide bonds. The van der Waals surface area contributed by atoms with Gasteiger partial charge in [0.05, 0.1) is 16.2 Å². The first-order chi connectivity index (χ1) is 15.3. The molecule has 2 N–H and O–H groups in total. The Balaban J connectivity index is 2.12. The highest BCUT2D eigenvalue weighted by Crippen LogP contribution is 2.25. The summed E-state index contributed by atoms with van der Waals surface area (Å²) >= 11 is 0. The van der Waals surface area contributed by atoms with E-state index in [0.717, 1.165) is 35.6 Å². The molecule has 0 radical (unpaired) electrons. The molecule has 10 nitrogen and oxygen atoms in total. The molecule has 1 aromatic carbocycles. The maximum Gasteiger partial charge on any atom is 0.265 e. The van der Waals surface area contributed by atoms with E-state index in [0.29, 0.717) is 0 Å². The van der Waals surface area contributed by atoms with Gasteiger partial charge in [0.25, 0.3) is 11.5 Å². The van der Waals surface area contributed by atoms with Gasteiger partial charge >= 0.3 is 0 Å². The van der Waals surface area contributed by atoms with E-state index in [-0.39, 0.29) is 16.6 Å². The number of aromatic nitrogens is 2. The third kappa shape index (κ3) is 5.54. The zero-order valence-corrected chi connectivity index (χ0v) is 19.2. The van der Waals surface area contributed by atoms with E-state index in [1.807, 2.05) is 0 Å². The highest BCUT2D eigenvalue weighted by molar-refractivity contribution is 7.91. The molecule has 0 saturated heterocycles. The van der Waals surface area contributed by atoms with Gasteiger partial charge in [-0.15, -0.1) is 0 Å². The van der Waals surface area contributed by atoms with E-state index < -0.39 is 72.0 Å². The number of H-pyrrole nitrogens is 1. The maximum absolute atomic E-state index is 13.7. The quantitative estimate of drug-likeness (QED) is 0.487. The number of carbonyl (C=O) groups excluding carboxylic acids is 1. The van der Waals surface area contributed by atoms with Crippen molar-refractivity contribution in [3.8, 4) is 5.75 Å². The fourth-order valence-corrected chi connectivity index (χ4v) is 4.69. The molecule has 13 heteroatoms. The van der Waals surface area contributed by atoms with Crippen molar-refractivity contribution in [3.63, 3.8) is 0 Å². The van der Waals surface area contributed by atoms with Crippen molar-refractivity contribution >= 4 is 36.6 Å². The minimum Gasteiger partial charge on any atom is -0.505 e. The molecule has 0 unspecified atom stereocenters. The van der Waals surface area contributed by atoms with Gasteiger partial charge in [0.1, 0.15) is 26.7 Å². The summed E-state index contributed by atoms with van der Waals surface area (Å²) < 4.78 is 61.4. The lowest BCUT2D eigenvalue weighted by molar-refractivity contribution is 0.0748. The lowest BCUT2D eigenvalue weighted by atomic mass is 10.1. The minimum atomic E-state index is -3.90. The van der Waals surface area contributed by atoms with Crippen LogP contribution in [0, 0.1) is 5.82 Å². The Morgan fingerprint density at radius 3 is 2.52 bits per heavy atom. The summed E-state index contributed by atoms with van der Waals surface area (Å²) in [5.41, 5.74) is -1.49. The predicted molar refractivity (Wildman–Crippen MR) is 118 cm³/mol. The molecule has 2 aromatic heterocycles. The lowest BCUT2D eigenvalue weighted by Crippen LogP contribution is -2.38. The molecular weight excluding hydrogens is 477 g/mol. The van der Waals surface area contributed by atoms with Crippen molar-refractivity contribution in [2.24, 2.45) is 0 Å². The number of aromatic amines is 1. The van der Waals surface area contributed by atoms with E-state index in [9.17, 15) is 35.9 Å². The Bertz CT molecular complexity index is 1520. The van der Waals surface area contributed by atoms with Crippen molar-refractivity contribution in [1.29, 1.82) is 0 Å². The Hall–Kier alpha value is -3.32. The Morgan fingerprint density at radius 1 is 1.18 bits per heavy atom. The van der Waals surface area contributed by atoms with Crippen LogP contribution in [0.2, 0.25) is 0 Å². The molecule has 0 spiro atoms. The summed E-state index contributed by atoms with van der Waals surface area (Å²) in [6.07, 6.45) is 3.14. The fraction of sp³-hybridized carbons (Fsp3) is 0.250. The predicted octanol–water partition coefficient (Wildman–Crippen LogP) is 0.858. The number of carbonyl (C=O) groups is 1. The number of hydrogen-bond acceptors (Lipinski definition) is 8. The molecular formula is C20H20FN3O7S2. The van der Waals surface area contributed by atoms with E-state index in [1.165, 1.54) is 18.3 Å².